The SMILES string of the molecule is O=C(C1CCCCO1)N1CCCCO1. The summed E-state index contributed by atoms with van der Waals surface area (Å²) in [5.74, 6) is 0.0180. The van der Waals surface area contributed by atoms with Crippen molar-refractivity contribution < 1.29 is 14.4 Å². The molecule has 1 atom stereocenters. The summed E-state index contributed by atoms with van der Waals surface area (Å²) in [5.41, 5.74) is 0. The largest absolute Gasteiger partial charge is 0.368 e. The Hall–Kier alpha value is -0.610. The van der Waals surface area contributed by atoms with E-state index in [2.05, 4.69) is 0 Å². The van der Waals surface area contributed by atoms with Gasteiger partial charge in [0.1, 0.15) is 6.10 Å². The van der Waals surface area contributed by atoms with Gasteiger partial charge in [-0.15, -0.1) is 0 Å². The van der Waals surface area contributed by atoms with Gasteiger partial charge in [-0.2, -0.15) is 0 Å². The molecule has 0 saturated carbocycles. The van der Waals surface area contributed by atoms with Crippen molar-refractivity contribution in [2.24, 2.45) is 0 Å². The topological polar surface area (TPSA) is 38.8 Å². The van der Waals surface area contributed by atoms with Gasteiger partial charge in [0, 0.05) is 13.2 Å². The third-order valence-corrected chi connectivity index (χ3v) is 2.70. The lowest BCUT2D eigenvalue weighted by Gasteiger charge is -2.30. The highest BCUT2D eigenvalue weighted by Crippen LogP contribution is 2.17. The average molecular weight is 199 g/mol. The van der Waals surface area contributed by atoms with Crippen molar-refractivity contribution in [2.75, 3.05) is 19.8 Å². The van der Waals surface area contributed by atoms with Crippen molar-refractivity contribution >= 4 is 5.91 Å². The second-order valence-corrected chi connectivity index (χ2v) is 3.84. The molecular weight excluding hydrogens is 182 g/mol. The number of carbonyl (C=O) groups excluding carboxylic acids is 1. The number of amides is 1. The third-order valence-electron chi connectivity index (χ3n) is 2.70. The van der Waals surface area contributed by atoms with Crippen LogP contribution in [0.1, 0.15) is 32.1 Å². The Morgan fingerprint density at radius 3 is 2.64 bits per heavy atom. The molecule has 2 fully saturated rings. The monoisotopic (exact) mass is 199 g/mol. The van der Waals surface area contributed by atoms with E-state index in [0.29, 0.717) is 13.2 Å². The normalized spacial score (nSPS) is 28.9. The summed E-state index contributed by atoms with van der Waals surface area (Å²) in [4.78, 5) is 17.1. The Labute approximate surface area is 84.1 Å². The molecule has 0 radical (unpaired) electrons. The van der Waals surface area contributed by atoms with Crippen LogP contribution in [0.15, 0.2) is 0 Å². The van der Waals surface area contributed by atoms with Gasteiger partial charge in [0.05, 0.1) is 6.61 Å². The minimum atomic E-state index is -0.248. The number of hydrogen-bond acceptors (Lipinski definition) is 3. The van der Waals surface area contributed by atoms with Gasteiger partial charge in [0.15, 0.2) is 0 Å². The minimum absolute atomic E-state index is 0.0180. The number of hydrogen-bond donors (Lipinski definition) is 0. The molecule has 2 aliphatic rings. The highest BCUT2D eigenvalue weighted by atomic mass is 16.7. The second-order valence-electron chi connectivity index (χ2n) is 3.84. The Bertz CT molecular complexity index is 176. The summed E-state index contributed by atoms with van der Waals surface area (Å²) >= 11 is 0. The quantitative estimate of drug-likeness (QED) is 0.635. The molecule has 0 aromatic carbocycles. The molecular formula is C10H17NO3. The fourth-order valence-electron chi connectivity index (χ4n) is 1.87. The van der Waals surface area contributed by atoms with Gasteiger partial charge in [0.25, 0.3) is 5.91 Å². The Kier molecular flexibility index (Phi) is 3.37. The first-order valence-corrected chi connectivity index (χ1v) is 5.44. The fraction of sp³-hybridized carbons (Fsp3) is 0.900. The predicted molar refractivity (Wildman–Crippen MR) is 50.5 cm³/mol. The van der Waals surface area contributed by atoms with Gasteiger partial charge in [-0.25, -0.2) is 5.06 Å². The summed E-state index contributed by atoms with van der Waals surface area (Å²) in [5, 5.41) is 1.49. The van der Waals surface area contributed by atoms with Crippen LogP contribution in [0.5, 0.6) is 0 Å². The first kappa shape index (κ1) is 9.93. The number of hydroxylamine groups is 2. The highest BCUT2D eigenvalue weighted by molar-refractivity contribution is 5.80. The Morgan fingerprint density at radius 1 is 1.14 bits per heavy atom. The predicted octanol–water partition coefficient (Wildman–Crippen LogP) is 1.11. The molecule has 1 amide bonds. The second kappa shape index (κ2) is 4.75. The van der Waals surface area contributed by atoms with Gasteiger partial charge in [0.2, 0.25) is 0 Å². The van der Waals surface area contributed by atoms with Crippen LogP contribution >= 0.6 is 0 Å². The maximum Gasteiger partial charge on any atom is 0.275 e. The lowest BCUT2D eigenvalue weighted by molar-refractivity contribution is -0.209. The zero-order valence-corrected chi connectivity index (χ0v) is 8.41. The van der Waals surface area contributed by atoms with E-state index in [4.69, 9.17) is 9.57 Å². The van der Waals surface area contributed by atoms with Crippen LogP contribution in [0.25, 0.3) is 0 Å². The van der Waals surface area contributed by atoms with E-state index in [-0.39, 0.29) is 12.0 Å². The number of rotatable bonds is 1. The van der Waals surface area contributed by atoms with Crippen LogP contribution in [-0.2, 0) is 14.4 Å². The molecule has 2 saturated heterocycles. The van der Waals surface area contributed by atoms with E-state index in [1.807, 2.05) is 0 Å². The Morgan fingerprint density at radius 2 is 2.00 bits per heavy atom. The highest BCUT2D eigenvalue weighted by Gasteiger charge is 2.28. The molecule has 2 heterocycles. The number of nitrogens with zero attached hydrogens (tertiary/aromatic N) is 1. The maximum absolute atomic E-state index is 11.8. The van der Waals surface area contributed by atoms with Crippen molar-refractivity contribution in [1.82, 2.24) is 5.06 Å². The molecule has 0 bridgehead atoms. The smallest absolute Gasteiger partial charge is 0.275 e. The van der Waals surface area contributed by atoms with Gasteiger partial charge >= 0.3 is 0 Å². The number of ether oxygens (including phenoxy) is 1. The van der Waals surface area contributed by atoms with Crippen molar-refractivity contribution in [3.8, 4) is 0 Å². The molecule has 2 aliphatic heterocycles. The lowest BCUT2D eigenvalue weighted by Crippen LogP contribution is -2.44. The van der Waals surface area contributed by atoms with Crippen molar-refractivity contribution in [2.45, 2.75) is 38.2 Å². The van der Waals surface area contributed by atoms with Crippen LogP contribution < -0.4 is 0 Å². The van der Waals surface area contributed by atoms with Gasteiger partial charge in [-0.05, 0) is 32.1 Å². The fourth-order valence-corrected chi connectivity index (χ4v) is 1.87. The third kappa shape index (κ3) is 2.25. The first-order chi connectivity index (χ1) is 6.88. The van der Waals surface area contributed by atoms with Gasteiger partial charge < -0.3 is 4.74 Å². The number of carbonyl (C=O) groups is 1. The molecule has 0 aromatic rings. The molecule has 0 N–H and O–H groups in total. The summed E-state index contributed by atoms with van der Waals surface area (Å²) in [6, 6.07) is 0. The van der Waals surface area contributed by atoms with Crippen LogP contribution in [0.3, 0.4) is 0 Å². The summed E-state index contributed by atoms with van der Waals surface area (Å²) in [6.07, 6.45) is 4.85. The van der Waals surface area contributed by atoms with Crippen LogP contribution in [-0.4, -0.2) is 36.8 Å². The molecule has 2 rings (SSSR count). The summed E-state index contributed by atoms with van der Waals surface area (Å²) in [7, 11) is 0. The van der Waals surface area contributed by atoms with Crippen molar-refractivity contribution in [3.63, 3.8) is 0 Å². The van der Waals surface area contributed by atoms with Crippen LogP contribution in [0.2, 0.25) is 0 Å². The zero-order chi connectivity index (χ0) is 9.80. The molecule has 14 heavy (non-hydrogen) atoms. The van der Waals surface area contributed by atoms with Crippen LogP contribution in [0, 0.1) is 0 Å². The summed E-state index contributed by atoms with van der Waals surface area (Å²) < 4.78 is 5.42. The van der Waals surface area contributed by atoms with Crippen molar-refractivity contribution in [3.05, 3.63) is 0 Å². The zero-order valence-electron chi connectivity index (χ0n) is 8.41. The van der Waals surface area contributed by atoms with E-state index >= 15 is 0 Å². The molecule has 0 aromatic heterocycles. The maximum atomic E-state index is 11.8. The molecule has 4 heteroatoms. The van der Waals surface area contributed by atoms with Gasteiger partial charge in [-0.1, -0.05) is 0 Å². The molecule has 0 aliphatic carbocycles. The minimum Gasteiger partial charge on any atom is -0.368 e. The van der Waals surface area contributed by atoms with E-state index < -0.39 is 0 Å². The average Bonchev–Trinajstić information content (AvgIpc) is 2.30. The standard InChI is InChI=1S/C10H17NO3/c12-10(9-5-1-3-7-13-9)11-6-2-4-8-14-11/h9H,1-8H2. The van der Waals surface area contributed by atoms with E-state index in [9.17, 15) is 4.79 Å². The molecule has 80 valence electrons. The molecule has 1 unspecified atom stereocenters. The van der Waals surface area contributed by atoms with E-state index in [1.165, 1.54) is 5.06 Å². The lowest BCUT2D eigenvalue weighted by atomic mass is 10.1. The summed E-state index contributed by atoms with van der Waals surface area (Å²) in [6.45, 7) is 2.10. The Balaban J connectivity index is 1.85. The molecule has 4 nitrogen and oxygen atoms in total. The van der Waals surface area contributed by atoms with Crippen LogP contribution in [0.4, 0.5) is 0 Å². The van der Waals surface area contributed by atoms with E-state index in [1.54, 1.807) is 0 Å². The first-order valence-electron chi connectivity index (χ1n) is 5.44. The van der Waals surface area contributed by atoms with E-state index in [0.717, 1.165) is 38.6 Å². The van der Waals surface area contributed by atoms with Crippen molar-refractivity contribution in [1.29, 1.82) is 0 Å². The van der Waals surface area contributed by atoms with Gasteiger partial charge in [-0.3, -0.25) is 9.63 Å². The molecule has 0 spiro atoms.